The minimum atomic E-state index is -0.454. The van der Waals surface area contributed by atoms with Gasteiger partial charge in [-0.3, -0.25) is 4.57 Å². The van der Waals surface area contributed by atoms with E-state index >= 15 is 0 Å². The van der Waals surface area contributed by atoms with Crippen molar-refractivity contribution in [3.8, 4) is 11.8 Å². The van der Waals surface area contributed by atoms with E-state index in [0.29, 0.717) is 28.2 Å². The fourth-order valence-corrected chi connectivity index (χ4v) is 3.44. The third kappa shape index (κ3) is 3.51. The van der Waals surface area contributed by atoms with Crippen LogP contribution in [-0.2, 0) is 4.74 Å². The molecule has 31 heavy (non-hydrogen) atoms. The number of imidazole rings is 1. The Morgan fingerprint density at radius 3 is 2.68 bits per heavy atom. The lowest BCUT2D eigenvalue weighted by Crippen LogP contribution is -2.16. The van der Waals surface area contributed by atoms with Crippen molar-refractivity contribution >= 4 is 28.6 Å². The van der Waals surface area contributed by atoms with Crippen molar-refractivity contribution in [2.24, 2.45) is 0 Å². The molecule has 4 rings (SSSR count). The van der Waals surface area contributed by atoms with E-state index in [4.69, 9.17) is 15.5 Å². The fourth-order valence-electron chi connectivity index (χ4n) is 3.44. The molecule has 0 amide bonds. The van der Waals surface area contributed by atoms with Crippen molar-refractivity contribution < 1.29 is 9.53 Å². The van der Waals surface area contributed by atoms with Gasteiger partial charge in [-0.2, -0.15) is 5.26 Å². The molecule has 2 heterocycles. The van der Waals surface area contributed by atoms with E-state index in [0.717, 1.165) is 5.69 Å². The highest BCUT2D eigenvalue weighted by molar-refractivity contribution is 6.02. The number of nitrogens with two attached hydrogens (primary N) is 1. The highest BCUT2D eigenvalue weighted by atomic mass is 16.5. The second kappa shape index (κ2) is 8.12. The number of fused-ring (bicyclic) bond motifs is 1. The van der Waals surface area contributed by atoms with Gasteiger partial charge in [0.05, 0.1) is 29.7 Å². The molecule has 0 aliphatic heterocycles. The van der Waals surface area contributed by atoms with Gasteiger partial charge in [0.2, 0.25) is 0 Å². The number of para-hydroxylation sites is 2. The van der Waals surface area contributed by atoms with Crippen LogP contribution in [0.5, 0.6) is 0 Å². The van der Waals surface area contributed by atoms with Gasteiger partial charge in [0.1, 0.15) is 35.4 Å². The predicted octanol–water partition coefficient (Wildman–Crippen LogP) is 3.23. The number of aromatic nitrogens is 4. The summed E-state index contributed by atoms with van der Waals surface area (Å²) in [5.41, 5.74) is 8.47. The van der Waals surface area contributed by atoms with Gasteiger partial charge < -0.3 is 15.8 Å². The van der Waals surface area contributed by atoms with Gasteiger partial charge >= 0.3 is 5.97 Å². The third-order valence-electron chi connectivity index (χ3n) is 4.85. The van der Waals surface area contributed by atoms with Gasteiger partial charge in [-0.15, -0.1) is 0 Å². The normalized spacial score (nSPS) is 11.6. The number of carbonyl (C=O) groups excluding carboxylic acids is 1. The van der Waals surface area contributed by atoms with Crippen LogP contribution in [0.25, 0.3) is 16.7 Å². The number of benzene rings is 2. The Labute approximate surface area is 178 Å². The largest absolute Gasteiger partial charge is 0.465 e. The molecule has 0 aliphatic rings. The summed E-state index contributed by atoms with van der Waals surface area (Å²) in [5, 5.41) is 12.6. The van der Waals surface area contributed by atoms with E-state index in [1.165, 1.54) is 13.4 Å². The topological polar surface area (TPSA) is 132 Å². The van der Waals surface area contributed by atoms with Crippen LogP contribution in [0.4, 0.5) is 11.6 Å². The van der Waals surface area contributed by atoms with Gasteiger partial charge in [0.15, 0.2) is 0 Å². The molecule has 9 nitrogen and oxygen atoms in total. The summed E-state index contributed by atoms with van der Waals surface area (Å²) in [5.74, 6) is 0.572. The number of nitriles is 1. The maximum atomic E-state index is 12.5. The van der Waals surface area contributed by atoms with Crippen molar-refractivity contribution in [3.63, 3.8) is 0 Å². The van der Waals surface area contributed by atoms with Crippen LogP contribution in [0.3, 0.4) is 0 Å². The SMILES string of the molecule is COC(=O)c1cccc2nc([C@H](C)Nc3ncnc(N)c3C#N)n(-c3ccccc3)c12. The fraction of sp³-hybridized carbons (Fsp3) is 0.136. The second-order valence-electron chi connectivity index (χ2n) is 6.77. The molecule has 1 atom stereocenters. The summed E-state index contributed by atoms with van der Waals surface area (Å²) >= 11 is 0. The predicted molar refractivity (Wildman–Crippen MR) is 116 cm³/mol. The Hall–Kier alpha value is -4.45. The van der Waals surface area contributed by atoms with Crippen LogP contribution in [0.2, 0.25) is 0 Å². The summed E-state index contributed by atoms with van der Waals surface area (Å²) < 4.78 is 6.88. The van der Waals surface area contributed by atoms with Crippen LogP contribution in [-0.4, -0.2) is 32.6 Å². The van der Waals surface area contributed by atoms with Gasteiger partial charge in [-0.25, -0.2) is 19.7 Å². The molecule has 0 spiro atoms. The second-order valence-corrected chi connectivity index (χ2v) is 6.77. The van der Waals surface area contributed by atoms with Gasteiger partial charge in [0, 0.05) is 5.69 Å². The molecule has 0 bridgehead atoms. The molecule has 0 saturated carbocycles. The average molecular weight is 413 g/mol. The van der Waals surface area contributed by atoms with Crippen LogP contribution in [0.15, 0.2) is 54.9 Å². The molecular weight excluding hydrogens is 394 g/mol. The van der Waals surface area contributed by atoms with E-state index in [9.17, 15) is 10.1 Å². The van der Waals surface area contributed by atoms with Crippen molar-refractivity contribution in [1.82, 2.24) is 19.5 Å². The highest BCUT2D eigenvalue weighted by Crippen LogP contribution is 2.30. The monoisotopic (exact) mass is 413 g/mol. The molecule has 0 aliphatic carbocycles. The van der Waals surface area contributed by atoms with Gasteiger partial charge in [0.25, 0.3) is 0 Å². The van der Waals surface area contributed by atoms with E-state index < -0.39 is 5.97 Å². The zero-order valence-corrected chi connectivity index (χ0v) is 16.9. The molecule has 0 saturated heterocycles. The van der Waals surface area contributed by atoms with E-state index in [1.54, 1.807) is 12.1 Å². The number of carbonyl (C=O) groups is 1. The third-order valence-corrected chi connectivity index (χ3v) is 4.85. The number of nitrogen functional groups attached to an aromatic ring is 1. The minimum absolute atomic E-state index is 0.0942. The lowest BCUT2D eigenvalue weighted by atomic mass is 10.1. The van der Waals surface area contributed by atoms with E-state index in [1.807, 2.05) is 54.0 Å². The molecule has 154 valence electrons. The highest BCUT2D eigenvalue weighted by Gasteiger charge is 2.23. The molecule has 0 fully saturated rings. The Kier molecular flexibility index (Phi) is 5.20. The summed E-state index contributed by atoms with van der Waals surface area (Å²) in [4.78, 5) is 25.3. The lowest BCUT2D eigenvalue weighted by Gasteiger charge is -2.18. The summed E-state index contributed by atoms with van der Waals surface area (Å²) in [6, 6.07) is 16.5. The zero-order chi connectivity index (χ0) is 22.0. The Bertz CT molecular complexity index is 1310. The van der Waals surface area contributed by atoms with Crippen LogP contribution < -0.4 is 11.1 Å². The molecule has 0 unspecified atom stereocenters. The van der Waals surface area contributed by atoms with Crippen LogP contribution in [0, 0.1) is 11.3 Å². The first-order chi connectivity index (χ1) is 15.0. The van der Waals surface area contributed by atoms with Crippen LogP contribution >= 0.6 is 0 Å². The quantitative estimate of drug-likeness (QED) is 0.477. The molecule has 2 aromatic heterocycles. The van der Waals surface area contributed by atoms with Crippen molar-refractivity contribution in [2.75, 3.05) is 18.2 Å². The van der Waals surface area contributed by atoms with Crippen LogP contribution in [0.1, 0.15) is 34.7 Å². The molecule has 9 heteroatoms. The molecular formula is C22H19N7O2. The van der Waals surface area contributed by atoms with Gasteiger partial charge in [-0.1, -0.05) is 24.3 Å². The maximum absolute atomic E-state index is 12.5. The maximum Gasteiger partial charge on any atom is 0.340 e. The molecule has 4 aromatic rings. The Balaban J connectivity index is 1.91. The first kappa shape index (κ1) is 19.8. The smallest absolute Gasteiger partial charge is 0.340 e. The molecule has 3 N–H and O–H groups in total. The number of methoxy groups -OCH3 is 1. The number of ether oxygens (including phenoxy) is 1. The van der Waals surface area contributed by atoms with Crippen molar-refractivity contribution in [2.45, 2.75) is 13.0 Å². The summed E-state index contributed by atoms with van der Waals surface area (Å²) in [6.07, 6.45) is 1.29. The van der Waals surface area contributed by atoms with Crippen molar-refractivity contribution in [1.29, 1.82) is 5.26 Å². The number of nitrogens with one attached hydrogen (secondary N) is 1. The first-order valence-electron chi connectivity index (χ1n) is 9.47. The van der Waals surface area contributed by atoms with E-state index in [-0.39, 0.29) is 17.4 Å². The standard InChI is InChI=1S/C22H19N7O2/c1-13(27-20-16(11-23)19(24)25-12-26-20)21-28-17-10-6-9-15(22(30)31-2)18(17)29(21)14-7-4-3-5-8-14/h3-10,12-13H,1-2H3,(H3,24,25,26,27)/t13-/m0/s1. The molecule has 2 aromatic carbocycles. The van der Waals surface area contributed by atoms with Gasteiger partial charge in [-0.05, 0) is 31.2 Å². The number of anilines is 2. The Morgan fingerprint density at radius 2 is 1.97 bits per heavy atom. The summed E-state index contributed by atoms with van der Waals surface area (Å²) in [6.45, 7) is 1.89. The number of nitrogens with zero attached hydrogens (tertiary/aromatic N) is 5. The first-order valence-corrected chi connectivity index (χ1v) is 9.47. The minimum Gasteiger partial charge on any atom is -0.465 e. The average Bonchev–Trinajstić information content (AvgIpc) is 3.19. The lowest BCUT2D eigenvalue weighted by molar-refractivity contribution is 0.0602. The Morgan fingerprint density at radius 1 is 1.19 bits per heavy atom. The molecule has 0 radical (unpaired) electrons. The number of hydrogen-bond acceptors (Lipinski definition) is 8. The number of esters is 1. The number of hydrogen-bond donors (Lipinski definition) is 2. The zero-order valence-electron chi connectivity index (χ0n) is 16.9. The number of rotatable bonds is 5. The van der Waals surface area contributed by atoms with Crippen molar-refractivity contribution in [3.05, 3.63) is 71.8 Å². The van der Waals surface area contributed by atoms with E-state index in [2.05, 4.69) is 15.3 Å². The summed E-state index contributed by atoms with van der Waals surface area (Å²) in [7, 11) is 1.35.